The number of hydrogen-bond acceptors (Lipinski definition) is 2. The molecule has 0 saturated heterocycles. The molecule has 18 heavy (non-hydrogen) atoms. The topological polar surface area (TPSA) is 43.1 Å². The van der Waals surface area contributed by atoms with Crippen LogP contribution in [0, 0.1) is 16.3 Å². The quantitative estimate of drug-likeness (QED) is 0.509. The first-order chi connectivity index (χ1) is 8.49. The molecule has 92 valence electrons. The minimum Gasteiger partial charge on any atom is -0.399 e. The van der Waals surface area contributed by atoms with Crippen molar-refractivity contribution in [3.8, 4) is 0 Å². The van der Waals surface area contributed by atoms with Gasteiger partial charge in [0.25, 0.3) is 0 Å². The van der Waals surface area contributed by atoms with Crippen LogP contribution in [0.4, 0.5) is 10.1 Å². The Bertz CT molecular complexity index is 572. The highest BCUT2D eigenvalue weighted by atomic mass is 127. The van der Waals surface area contributed by atoms with Gasteiger partial charge in [-0.05, 0) is 71.5 Å². The molecule has 0 amide bonds. The molecule has 2 N–H and O–H groups in total. The summed E-state index contributed by atoms with van der Waals surface area (Å²) in [7, 11) is 0. The van der Waals surface area contributed by atoms with Gasteiger partial charge in [0.1, 0.15) is 5.82 Å². The van der Waals surface area contributed by atoms with Gasteiger partial charge in [0.15, 0.2) is 5.78 Å². The van der Waals surface area contributed by atoms with E-state index in [4.69, 9.17) is 5.73 Å². The molecular formula is C14H11FINO. The number of anilines is 1. The van der Waals surface area contributed by atoms with Crippen molar-refractivity contribution in [2.24, 2.45) is 0 Å². The van der Waals surface area contributed by atoms with E-state index in [9.17, 15) is 9.18 Å². The molecule has 4 heteroatoms. The Labute approximate surface area is 118 Å². The highest BCUT2D eigenvalue weighted by Gasteiger charge is 2.15. The van der Waals surface area contributed by atoms with E-state index in [0.717, 1.165) is 5.56 Å². The Balaban J connectivity index is 2.48. The van der Waals surface area contributed by atoms with E-state index in [-0.39, 0.29) is 11.6 Å². The lowest BCUT2D eigenvalue weighted by Crippen LogP contribution is -2.06. The number of carbonyl (C=O) groups is 1. The Morgan fingerprint density at radius 3 is 2.44 bits per heavy atom. The molecule has 0 saturated carbocycles. The maximum Gasteiger partial charge on any atom is 0.194 e. The molecule has 2 nitrogen and oxygen atoms in total. The average molecular weight is 355 g/mol. The Morgan fingerprint density at radius 2 is 1.83 bits per heavy atom. The largest absolute Gasteiger partial charge is 0.399 e. The summed E-state index contributed by atoms with van der Waals surface area (Å²) in [5, 5.41) is 0. The summed E-state index contributed by atoms with van der Waals surface area (Å²) < 4.78 is 13.6. The second-order valence-corrected chi connectivity index (χ2v) is 5.19. The van der Waals surface area contributed by atoms with E-state index in [1.807, 2.05) is 29.5 Å². The van der Waals surface area contributed by atoms with Gasteiger partial charge in [-0.1, -0.05) is 0 Å². The Hall–Kier alpha value is -1.43. The number of halogens is 2. The number of hydrogen-bond donors (Lipinski definition) is 1. The lowest BCUT2D eigenvalue weighted by atomic mass is 9.99. The maximum atomic E-state index is 13.0. The van der Waals surface area contributed by atoms with Gasteiger partial charge < -0.3 is 5.73 Å². The molecule has 0 aliphatic rings. The lowest BCUT2D eigenvalue weighted by Gasteiger charge is -2.07. The van der Waals surface area contributed by atoms with Crippen molar-refractivity contribution in [2.75, 3.05) is 5.73 Å². The smallest absolute Gasteiger partial charge is 0.194 e. The second kappa shape index (κ2) is 5.06. The van der Waals surface area contributed by atoms with Crippen LogP contribution in [-0.4, -0.2) is 5.78 Å². The molecule has 2 aromatic rings. The van der Waals surface area contributed by atoms with Crippen molar-refractivity contribution in [3.63, 3.8) is 0 Å². The molecule has 0 radical (unpaired) electrons. The summed E-state index contributed by atoms with van der Waals surface area (Å²) >= 11 is 1.96. The van der Waals surface area contributed by atoms with Gasteiger partial charge in [-0.15, -0.1) is 0 Å². The van der Waals surface area contributed by atoms with E-state index in [0.29, 0.717) is 20.4 Å². The number of carbonyl (C=O) groups excluding carboxylic acids is 1. The Morgan fingerprint density at radius 1 is 1.17 bits per heavy atom. The number of nitrogens with two attached hydrogens (primary N) is 1. The molecule has 0 fully saturated rings. The zero-order chi connectivity index (χ0) is 13.3. The fourth-order valence-corrected chi connectivity index (χ4v) is 2.48. The first kappa shape index (κ1) is 13.0. The van der Waals surface area contributed by atoms with E-state index in [2.05, 4.69) is 0 Å². The van der Waals surface area contributed by atoms with Crippen LogP contribution in [0.5, 0.6) is 0 Å². The van der Waals surface area contributed by atoms with Gasteiger partial charge >= 0.3 is 0 Å². The molecule has 0 spiro atoms. The minimum atomic E-state index is -0.343. The van der Waals surface area contributed by atoms with E-state index in [1.165, 1.54) is 18.2 Å². The molecule has 0 heterocycles. The summed E-state index contributed by atoms with van der Waals surface area (Å²) in [6.07, 6.45) is 0. The van der Waals surface area contributed by atoms with Crippen LogP contribution in [0.15, 0.2) is 36.4 Å². The van der Waals surface area contributed by atoms with Gasteiger partial charge in [-0.2, -0.15) is 0 Å². The highest BCUT2D eigenvalue weighted by molar-refractivity contribution is 14.1. The number of aryl methyl sites for hydroxylation is 1. The SMILES string of the molecule is Cc1cc(N)ccc1C(=O)c1ccc(F)cc1I. The number of ketones is 1. The first-order valence-corrected chi connectivity index (χ1v) is 6.43. The normalized spacial score (nSPS) is 10.4. The van der Waals surface area contributed by atoms with Crippen LogP contribution in [0.25, 0.3) is 0 Å². The van der Waals surface area contributed by atoms with Crippen molar-refractivity contribution in [1.82, 2.24) is 0 Å². The monoisotopic (exact) mass is 355 g/mol. The van der Waals surface area contributed by atoms with E-state index >= 15 is 0 Å². The van der Waals surface area contributed by atoms with E-state index in [1.54, 1.807) is 18.2 Å². The third-order valence-electron chi connectivity index (χ3n) is 2.67. The van der Waals surface area contributed by atoms with Gasteiger partial charge in [0.2, 0.25) is 0 Å². The predicted octanol–water partition coefficient (Wildman–Crippen LogP) is 3.55. The van der Waals surface area contributed by atoms with Gasteiger partial charge in [-0.25, -0.2) is 4.39 Å². The highest BCUT2D eigenvalue weighted by Crippen LogP contribution is 2.21. The fraction of sp³-hybridized carbons (Fsp3) is 0.0714. The minimum absolute atomic E-state index is 0.114. The molecule has 2 rings (SSSR count). The van der Waals surface area contributed by atoms with Crippen molar-refractivity contribution in [1.29, 1.82) is 0 Å². The molecule has 0 aliphatic carbocycles. The van der Waals surface area contributed by atoms with Gasteiger partial charge in [0, 0.05) is 20.4 Å². The average Bonchev–Trinajstić information content (AvgIpc) is 2.28. The molecule has 0 bridgehead atoms. The zero-order valence-electron chi connectivity index (χ0n) is 9.71. The third-order valence-corrected chi connectivity index (χ3v) is 3.56. The molecule has 0 aliphatic heterocycles. The molecular weight excluding hydrogens is 344 g/mol. The zero-order valence-corrected chi connectivity index (χ0v) is 11.9. The summed E-state index contributed by atoms with van der Waals surface area (Å²) in [6.45, 7) is 1.83. The lowest BCUT2D eigenvalue weighted by molar-refractivity contribution is 0.103. The van der Waals surface area contributed by atoms with Crippen molar-refractivity contribution in [2.45, 2.75) is 6.92 Å². The van der Waals surface area contributed by atoms with Crippen LogP contribution in [-0.2, 0) is 0 Å². The van der Waals surface area contributed by atoms with Crippen molar-refractivity contribution >= 4 is 34.1 Å². The number of nitrogen functional groups attached to an aromatic ring is 1. The second-order valence-electron chi connectivity index (χ2n) is 4.03. The first-order valence-electron chi connectivity index (χ1n) is 5.35. The number of benzene rings is 2. The summed E-state index contributed by atoms with van der Waals surface area (Å²) in [5.74, 6) is -0.457. The molecule has 0 unspecified atom stereocenters. The maximum absolute atomic E-state index is 13.0. The molecule has 0 atom stereocenters. The van der Waals surface area contributed by atoms with Crippen LogP contribution in [0.3, 0.4) is 0 Å². The summed E-state index contributed by atoms with van der Waals surface area (Å²) in [5.41, 5.74) is 8.19. The fourth-order valence-electron chi connectivity index (χ4n) is 1.76. The summed E-state index contributed by atoms with van der Waals surface area (Å²) in [6, 6.07) is 9.30. The van der Waals surface area contributed by atoms with Crippen molar-refractivity contribution < 1.29 is 9.18 Å². The van der Waals surface area contributed by atoms with Gasteiger partial charge in [-0.3, -0.25) is 4.79 Å². The number of rotatable bonds is 2. The third kappa shape index (κ3) is 2.53. The van der Waals surface area contributed by atoms with Crippen molar-refractivity contribution in [3.05, 3.63) is 62.5 Å². The molecule has 2 aromatic carbocycles. The van der Waals surface area contributed by atoms with Crippen LogP contribution < -0.4 is 5.73 Å². The standard InChI is InChI=1S/C14H11FINO/c1-8-6-10(17)3-5-11(8)14(18)12-4-2-9(15)7-13(12)16/h2-7H,17H2,1H3. The van der Waals surface area contributed by atoms with E-state index < -0.39 is 0 Å². The van der Waals surface area contributed by atoms with Crippen LogP contribution in [0.1, 0.15) is 21.5 Å². The van der Waals surface area contributed by atoms with Crippen LogP contribution >= 0.6 is 22.6 Å². The summed E-state index contributed by atoms with van der Waals surface area (Å²) in [4.78, 5) is 12.3. The van der Waals surface area contributed by atoms with Gasteiger partial charge in [0.05, 0.1) is 0 Å². The molecule has 0 aromatic heterocycles. The predicted molar refractivity (Wildman–Crippen MR) is 78.1 cm³/mol. The van der Waals surface area contributed by atoms with Crippen LogP contribution in [0.2, 0.25) is 0 Å². The Kier molecular flexibility index (Phi) is 3.65.